The maximum absolute atomic E-state index is 11.1. The first-order valence-corrected chi connectivity index (χ1v) is 9.64. The summed E-state index contributed by atoms with van der Waals surface area (Å²) < 4.78 is 0. The summed E-state index contributed by atoms with van der Waals surface area (Å²) in [7, 11) is 0. The Morgan fingerprint density at radius 3 is 1.93 bits per heavy atom. The maximum atomic E-state index is 11.1. The monoisotopic (exact) mass is 377 g/mol. The van der Waals surface area contributed by atoms with Crippen LogP contribution in [0.4, 0.5) is 0 Å². The summed E-state index contributed by atoms with van der Waals surface area (Å²) in [6.07, 6.45) is 6.91. The summed E-state index contributed by atoms with van der Waals surface area (Å²) in [5.74, 6) is 0. The first-order chi connectivity index (χ1) is 14.2. The van der Waals surface area contributed by atoms with E-state index in [1.54, 1.807) is 0 Å². The fourth-order valence-electron chi connectivity index (χ4n) is 4.40. The smallest absolute Gasteiger partial charge is 0.150 e. The third-order valence-corrected chi connectivity index (χ3v) is 5.96. The van der Waals surface area contributed by atoms with Crippen molar-refractivity contribution in [1.29, 1.82) is 0 Å². The number of H-pyrrole nitrogens is 1. The Bertz CT molecular complexity index is 1190. The molecule has 1 N–H and O–H groups in total. The molecule has 0 saturated heterocycles. The van der Waals surface area contributed by atoms with E-state index in [1.807, 2.05) is 54.6 Å². The number of hydrogen-bond acceptors (Lipinski definition) is 2. The molecule has 1 aliphatic carbocycles. The van der Waals surface area contributed by atoms with Gasteiger partial charge in [0, 0.05) is 33.1 Å². The second kappa shape index (κ2) is 6.71. The Morgan fingerprint density at radius 1 is 0.759 bits per heavy atom. The van der Waals surface area contributed by atoms with E-state index < -0.39 is 0 Å². The zero-order valence-corrected chi connectivity index (χ0v) is 15.8. The number of nitrogens with one attached hydrogen (secondary N) is 1. The van der Waals surface area contributed by atoms with Gasteiger partial charge < -0.3 is 4.98 Å². The van der Waals surface area contributed by atoms with Gasteiger partial charge in [0.2, 0.25) is 0 Å². The third-order valence-electron chi connectivity index (χ3n) is 5.96. The minimum atomic E-state index is -0.374. The minimum Gasteiger partial charge on any atom is -0.355 e. The van der Waals surface area contributed by atoms with Crippen molar-refractivity contribution in [2.24, 2.45) is 0 Å². The lowest BCUT2D eigenvalue weighted by molar-refractivity contribution is 0.111. The highest BCUT2D eigenvalue weighted by atomic mass is 16.1. The highest BCUT2D eigenvalue weighted by Gasteiger charge is 2.36. The van der Waals surface area contributed by atoms with E-state index in [0.717, 1.165) is 41.3 Å². The molecule has 0 unspecified atom stereocenters. The summed E-state index contributed by atoms with van der Waals surface area (Å²) >= 11 is 0. The van der Waals surface area contributed by atoms with E-state index in [4.69, 9.17) is 0 Å². The van der Waals surface area contributed by atoms with Crippen LogP contribution in [0, 0.1) is 0 Å². The predicted molar refractivity (Wildman–Crippen MR) is 115 cm³/mol. The van der Waals surface area contributed by atoms with Crippen molar-refractivity contribution < 1.29 is 9.59 Å². The topological polar surface area (TPSA) is 49.9 Å². The molecule has 29 heavy (non-hydrogen) atoms. The van der Waals surface area contributed by atoms with Crippen LogP contribution >= 0.6 is 0 Å². The minimum absolute atomic E-state index is 0.374. The molecule has 0 spiro atoms. The van der Waals surface area contributed by atoms with Crippen molar-refractivity contribution in [3.8, 4) is 0 Å². The maximum Gasteiger partial charge on any atom is 0.150 e. The second-order valence-electron chi connectivity index (χ2n) is 7.52. The van der Waals surface area contributed by atoms with Crippen LogP contribution < -0.4 is 0 Å². The number of allylic oxidation sites excluding steroid dienone is 1. The molecule has 1 heterocycles. The molecule has 0 saturated carbocycles. The molecule has 5 rings (SSSR count). The highest BCUT2D eigenvalue weighted by Crippen LogP contribution is 2.43. The summed E-state index contributed by atoms with van der Waals surface area (Å²) in [6.45, 7) is 0. The van der Waals surface area contributed by atoms with E-state index in [0.29, 0.717) is 11.1 Å². The summed E-state index contributed by atoms with van der Waals surface area (Å²) in [5.41, 5.74) is 6.73. The molecule has 0 atom stereocenters. The number of aromatic nitrogens is 1. The summed E-state index contributed by atoms with van der Waals surface area (Å²) in [5, 5.41) is 1.23. The van der Waals surface area contributed by atoms with Crippen LogP contribution in [0.25, 0.3) is 17.0 Å². The van der Waals surface area contributed by atoms with E-state index in [-0.39, 0.29) is 5.41 Å². The van der Waals surface area contributed by atoms with E-state index in [9.17, 15) is 9.59 Å². The molecule has 0 bridgehead atoms. The van der Waals surface area contributed by atoms with Gasteiger partial charge >= 0.3 is 0 Å². The van der Waals surface area contributed by atoms with Gasteiger partial charge in [0.25, 0.3) is 0 Å². The van der Waals surface area contributed by atoms with Gasteiger partial charge in [-0.25, -0.2) is 0 Å². The molecule has 0 aliphatic heterocycles. The van der Waals surface area contributed by atoms with Gasteiger partial charge in [-0.15, -0.1) is 0 Å². The van der Waals surface area contributed by atoms with Gasteiger partial charge in [0.05, 0.1) is 0 Å². The number of aldehydes is 2. The Morgan fingerprint density at radius 2 is 1.34 bits per heavy atom. The van der Waals surface area contributed by atoms with Gasteiger partial charge in [-0.2, -0.15) is 0 Å². The highest BCUT2D eigenvalue weighted by molar-refractivity contribution is 5.89. The number of benzene rings is 3. The van der Waals surface area contributed by atoms with Crippen LogP contribution in [-0.4, -0.2) is 17.6 Å². The largest absolute Gasteiger partial charge is 0.355 e. The van der Waals surface area contributed by atoms with E-state index in [2.05, 4.69) is 35.3 Å². The lowest BCUT2D eigenvalue weighted by Gasteiger charge is -2.35. The Labute approximate surface area is 168 Å². The quantitative estimate of drug-likeness (QED) is 0.488. The Hall–Kier alpha value is -3.72. The molecule has 1 aromatic heterocycles. The average molecular weight is 377 g/mol. The van der Waals surface area contributed by atoms with Crippen molar-refractivity contribution in [2.45, 2.75) is 11.8 Å². The summed E-state index contributed by atoms with van der Waals surface area (Å²) in [4.78, 5) is 25.8. The third kappa shape index (κ3) is 2.74. The van der Waals surface area contributed by atoms with Gasteiger partial charge in [0.15, 0.2) is 0 Å². The average Bonchev–Trinajstić information content (AvgIpc) is 3.17. The standard InChI is InChI=1S/C26H19NO2/c28-16-18-5-9-20(10-6-18)26(21-11-7-19(17-29)8-12-21)14-13-25-23(15-26)22-3-1-2-4-24(22)27-25/h1-14,16-17,27H,15H2. The number of hydrogen-bond donors (Lipinski definition) is 1. The first-order valence-electron chi connectivity index (χ1n) is 9.64. The Kier molecular flexibility index (Phi) is 4.02. The number of carbonyl (C=O) groups is 2. The molecule has 0 radical (unpaired) electrons. The Balaban J connectivity index is 1.72. The van der Waals surface area contributed by atoms with Crippen LogP contribution in [0.15, 0.2) is 78.9 Å². The number of para-hydroxylation sites is 1. The summed E-state index contributed by atoms with van der Waals surface area (Å²) in [6, 6.07) is 23.9. The predicted octanol–water partition coefficient (Wildman–Crippen LogP) is 5.35. The lowest BCUT2D eigenvalue weighted by Crippen LogP contribution is -2.30. The van der Waals surface area contributed by atoms with Gasteiger partial charge in [-0.3, -0.25) is 9.59 Å². The molecule has 3 aromatic carbocycles. The molecular weight excluding hydrogens is 358 g/mol. The SMILES string of the molecule is O=Cc1ccc(C2(c3ccc(C=O)cc3)C=Cc3[nH]c4ccccc4c3C2)cc1. The molecule has 0 fully saturated rings. The molecule has 1 aliphatic rings. The second-order valence-corrected chi connectivity index (χ2v) is 7.52. The molecule has 4 aromatic rings. The van der Waals surface area contributed by atoms with Crippen LogP contribution in [0.5, 0.6) is 0 Å². The van der Waals surface area contributed by atoms with E-state index >= 15 is 0 Å². The number of fused-ring (bicyclic) bond motifs is 3. The van der Waals surface area contributed by atoms with E-state index in [1.165, 1.54) is 10.9 Å². The number of rotatable bonds is 4. The van der Waals surface area contributed by atoms with Crippen molar-refractivity contribution in [2.75, 3.05) is 0 Å². The lowest BCUT2D eigenvalue weighted by atomic mass is 9.67. The molecule has 0 amide bonds. The molecule has 140 valence electrons. The van der Waals surface area contributed by atoms with Crippen molar-refractivity contribution in [3.63, 3.8) is 0 Å². The molecular formula is C26H19NO2. The normalized spacial score (nSPS) is 14.5. The van der Waals surface area contributed by atoms with Crippen molar-refractivity contribution in [1.82, 2.24) is 4.98 Å². The van der Waals surface area contributed by atoms with Crippen LogP contribution in [0.2, 0.25) is 0 Å². The van der Waals surface area contributed by atoms with Crippen molar-refractivity contribution in [3.05, 3.63) is 112 Å². The van der Waals surface area contributed by atoms with Crippen LogP contribution in [0.3, 0.4) is 0 Å². The molecule has 3 heteroatoms. The fourth-order valence-corrected chi connectivity index (χ4v) is 4.40. The van der Waals surface area contributed by atoms with Gasteiger partial charge in [-0.05, 0) is 35.3 Å². The number of aromatic amines is 1. The van der Waals surface area contributed by atoms with Crippen molar-refractivity contribution >= 4 is 29.6 Å². The first kappa shape index (κ1) is 17.4. The van der Waals surface area contributed by atoms with Gasteiger partial charge in [-0.1, -0.05) is 72.8 Å². The van der Waals surface area contributed by atoms with Gasteiger partial charge in [0.1, 0.15) is 12.6 Å². The fraction of sp³-hybridized carbons (Fsp3) is 0.0769. The molecule has 3 nitrogen and oxygen atoms in total. The van der Waals surface area contributed by atoms with Crippen LogP contribution in [-0.2, 0) is 11.8 Å². The zero-order chi connectivity index (χ0) is 19.8. The number of carbonyl (C=O) groups excluding carboxylic acids is 2. The van der Waals surface area contributed by atoms with Crippen LogP contribution in [0.1, 0.15) is 43.1 Å². The zero-order valence-electron chi connectivity index (χ0n) is 15.8.